The molecule has 0 aliphatic heterocycles. The summed E-state index contributed by atoms with van der Waals surface area (Å²) in [5.41, 5.74) is 7.65. The van der Waals surface area contributed by atoms with Crippen molar-refractivity contribution >= 4 is 28.1 Å². The van der Waals surface area contributed by atoms with Crippen molar-refractivity contribution in [1.82, 2.24) is 10.3 Å². The van der Waals surface area contributed by atoms with Gasteiger partial charge in [-0.2, -0.15) is 0 Å². The number of nitrogens with zero attached hydrogens (tertiary/aromatic N) is 2. The Hall–Kier alpha value is -2.30. The van der Waals surface area contributed by atoms with Gasteiger partial charge in [-0.3, -0.25) is 9.78 Å². The van der Waals surface area contributed by atoms with Gasteiger partial charge in [0.15, 0.2) is 0 Å². The van der Waals surface area contributed by atoms with Crippen LogP contribution in [-0.2, 0) is 4.79 Å². The van der Waals surface area contributed by atoms with Crippen molar-refractivity contribution in [2.75, 3.05) is 30.8 Å². The summed E-state index contributed by atoms with van der Waals surface area (Å²) in [4.78, 5) is 18.0. The molecule has 112 valence electrons. The Morgan fingerprint density at radius 3 is 2.81 bits per heavy atom. The molecule has 1 amide bonds. The molecule has 0 spiro atoms. The second-order valence-corrected chi connectivity index (χ2v) is 5.65. The van der Waals surface area contributed by atoms with Crippen LogP contribution in [0.4, 0.5) is 11.4 Å². The molecule has 0 atom stereocenters. The predicted molar refractivity (Wildman–Crippen MR) is 87.3 cm³/mol. The van der Waals surface area contributed by atoms with Gasteiger partial charge >= 0.3 is 0 Å². The van der Waals surface area contributed by atoms with Gasteiger partial charge in [-0.25, -0.2) is 0 Å². The Morgan fingerprint density at radius 2 is 2.10 bits per heavy atom. The van der Waals surface area contributed by atoms with Crippen LogP contribution in [0.15, 0.2) is 30.6 Å². The van der Waals surface area contributed by atoms with Crippen LogP contribution in [0.1, 0.15) is 13.8 Å². The normalized spacial score (nSPS) is 10.9. The van der Waals surface area contributed by atoms with Crippen LogP contribution in [0.3, 0.4) is 0 Å². The zero-order chi connectivity index (χ0) is 15.4. The van der Waals surface area contributed by atoms with E-state index in [0.29, 0.717) is 24.7 Å². The molecule has 1 aromatic carbocycles. The van der Waals surface area contributed by atoms with Gasteiger partial charge in [0.2, 0.25) is 5.91 Å². The van der Waals surface area contributed by atoms with Gasteiger partial charge in [-0.15, -0.1) is 0 Å². The van der Waals surface area contributed by atoms with Gasteiger partial charge in [0.1, 0.15) is 0 Å². The summed E-state index contributed by atoms with van der Waals surface area (Å²) in [5.74, 6) is 0.459. The van der Waals surface area contributed by atoms with Gasteiger partial charge in [0, 0.05) is 48.1 Å². The minimum atomic E-state index is 0.0139. The van der Waals surface area contributed by atoms with Gasteiger partial charge in [0.25, 0.3) is 0 Å². The van der Waals surface area contributed by atoms with E-state index in [2.05, 4.69) is 24.1 Å². The fourth-order valence-electron chi connectivity index (χ4n) is 2.21. The summed E-state index contributed by atoms with van der Waals surface area (Å²) in [5, 5.41) is 4.83. The Kier molecular flexibility index (Phi) is 4.62. The minimum Gasteiger partial charge on any atom is -0.398 e. The molecule has 21 heavy (non-hydrogen) atoms. The fraction of sp³-hybridized carbons (Fsp3) is 0.375. The number of pyridine rings is 1. The highest BCUT2D eigenvalue weighted by molar-refractivity contribution is 6.01. The van der Waals surface area contributed by atoms with E-state index in [1.807, 2.05) is 30.1 Å². The number of anilines is 2. The molecule has 0 saturated heterocycles. The van der Waals surface area contributed by atoms with Crippen molar-refractivity contribution in [3.63, 3.8) is 0 Å². The molecular formula is C16H22N4O. The molecule has 0 bridgehead atoms. The number of aromatic nitrogens is 1. The molecule has 0 radical (unpaired) electrons. The quantitative estimate of drug-likeness (QED) is 0.825. The van der Waals surface area contributed by atoms with Crippen LogP contribution in [0.2, 0.25) is 0 Å². The van der Waals surface area contributed by atoms with Crippen LogP contribution in [0, 0.1) is 5.92 Å². The van der Waals surface area contributed by atoms with Gasteiger partial charge in [-0.1, -0.05) is 13.8 Å². The molecule has 0 aliphatic carbocycles. The lowest BCUT2D eigenvalue weighted by molar-refractivity contribution is -0.119. The van der Waals surface area contributed by atoms with Crippen LogP contribution in [0.5, 0.6) is 0 Å². The second-order valence-electron chi connectivity index (χ2n) is 5.65. The predicted octanol–water partition coefficient (Wildman–Crippen LogP) is 2.03. The number of rotatable bonds is 5. The first-order valence-corrected chi connectivity index (χ1v) is 7.09. The first-order valence-electron chi connectivity index (χ1n) is 7.09. The minimum absolute atomic E-state index is 0.0139. The smallest absolute Gasteiger partial charge is 0.239 e. The van der Waals surface area contributed by atoms with E-state index < -0.39 is 0 Å². The number of hydrogen-bond acceptors (Lipinski definition) is 4. The Bertz CT molecular complexity index is 639. The summed E-state index contributed by atoms with van der Waals surface area (Å²) >= 11 is 0. The molecule has 3 N–H and O–H groups in total. The maximum Gasteiger partial charge on any atom is 0.239 e. The van der Waals surface area contributed by atoms with E-state index in [9.17, 15) is 4.79 Å². The summed E-state index contributed by atoms with van der Waals surface area (Å²) in [6, 6.07) is 5.68. The number of benzene rings is 1. The Labute approximate surface area is 125 Å². The molecule has 5 nitrogen and oxygen atoms in total. The van der Waals surface area contributed by atoms with Gasteiger partial charge < -0.3 is 16.0 Å². The average molecular weight is 286 g/mol. The van der Waals surface area contributed by atoms with Crippen molar-refractivity contribution in [3.8, 4) is 0 Å². The first kappa shape index (κ1) is 15.1. The SMILES string of the molecule is CC(C)CNC(=O)CN(C)c1ccc(N)c2ccncc12. The van der Waals surface area contributed by atoms with Crippen molar-refractivity contribution in [2.45, 2.75) is 13.8 Å². The van der Waals surface area contributed by atoms with Gasteiger partial charge in [-0.05, 0) is 24.1 Å². The largest absolute Gasteiger partial charge is 0.398 e. The molecule has 1 aromatic heterocycles. The number of likely N-dealkylation sites (N-methyl/N-ethyl adjacent to an activating group) is 1. The fourth-order valence-corrected chi connectivity index (χ4v) is 2.21. The van der Waals surface area contributed by atoms with Crippen molar-refractivity contribution in [1.29, 1.82) is 0 Å². The van der Waals surface area contributed by atoms with E-state index in [1.54, 1.807) is 12.4 Å². The van der Waals surface area contributed by atoms with Crippen LogP contribution in [0.25, 0.3) is 10.8 Å². The number of hydrogen-bond donors (Lipinski definition) is 2. The highest BCUT2D eigenvalue weighted by Gasteiger charge is 2.11. The summed E-state index contributed by atoms with van der Waals surface area (Å²) in [6.45, 7) is 5.14. The number of carbonyl (C=O) groups excluding carboxylic acids is 1. The summed E-state index contributed by atoms with van der Waals surface area (Å²) in [6.07, 6.45) is 3.50. The molecule has 2 rings (SSSR count). The zero-order valence-electron chi connectivity index (χ0n) is 12.8. The molecule has 5 heteroatoms. The van der Waals surface area contributed by atoms with Crippen molar-refractivity contribution in [3.05, 3.63) is 30.6 Å². The van der Waals surface area contributed by atoms with E-state index >= 15 is 0 Å². The number of carbonyl (C=O) groups is 1. The van der Waals surface area contributed by atoms with Crippen LogP contribution in [-0.4, -0.2) is 31.0 Å². The van der Waals surface area contributed by atoms with E-state index in [-0.39, 0.29) is 5.91 Å². The number of amides is 1. The topological polar surface area (TPSA) is 71.2 Å². The number of nitrogens with one attached hydrogen (secondary N) is 1. The zero-order valence-corrected chi connectivity index (χ0v) is 12.8. The Morgan fingerprint density at radius 1 is 1.33 bits per heavy atom. The second kappa shape index (κ2) is 6.43. The molecule has 0 unspecified atom stereocenters. The summed E-state index contributed by atoms with van der Waals surface area (Å²) < 4.78 is 0. The van der Waals surface area contributed by atoms with Crippen molar-refractivity contribution < 1.29 is 4.79 Å². The van der Waals surface area contributed by atoms with E-state index in [4.69, 9.17) is 5.73 Å². The van der Waals surface area contributed by atoms with E-state index in [1.165, 1.54) is 0 Å². The highest BCUT2D eigenvalue weighted by atomic mass is 16.2. The molecule has 1 heterocycles. The lowest BCUT2D eigenvalue weighted by Gasteiger charge is -2.21. The third kappa shape index (κ3) is 3.62. The van der Waals surface area contributed by atoms with Crippen molar-refractivity contribution in [2.24, 2.45) is 5.92 Å². The maximum absolute atomic E-state index is 11.9. The lowest BCUT2D eigenvalue weighted by atomic mass is 10.1. The first-order chi connectivity index (χ1) is 9.99. The van der Waals surface area contributed by atoms with Crippen LogP contribution < -0.4 is 16.0 Å². The molecule has 2 aromatic rings. The standard InChI is InChI=1S/C16H22N4O/c1-11(2)8-19-16(21)10-20(3)15-5-4-14(17)12-6-7-18-9-13(12)15/h4-7,9,11H,8,10,17H2,1-3H3,(H,19,21). The third-order valence-electron chi connectivity index (χ3n) is 3.33. The maximum atomic E-state index is 11.9. The Balaban J connectivity index is 2.18. The number of nitrogen functional groups attached to an aromatic ring is 1. The van der Waals surface area contributed by atoms with E-state index in [0.717, 1.165) is 16.5 Å². The molecule has 0 saturated carbocycles. The molecular weight excluding hydrogens is 264 g/mol. The number of nitrogens with two attached hydrogens (primary N) is 1. The lowest BCUT2D eigenvalue weighted by Crippen LogP contribution is -2.36. The molecule has 0 fully saturated rings. The van der Waals surface area contributed by atoms with Crippen LogP contribution >= 0.6 is 0 Å². The van der Waals surface area contributed by atoms with Gasteiger partial charge in [0.05, 0.1) is 6.54 Å². The third-order valence-corrected chi connectivity index (χ3v) is 3.33. The molecule has 0 aliphatic rings. The summed E-state index contributed by atoms with van der Waals surface area (Å²) in [7, 11) is 1.90. The highest BCUT2D eigenvalue weighted by Crippen LogP contribution is 2.29. The average Bonchev–Trinajstić information content (AvgIpc) is 2.45. The monoisotopic (exact) mass is 286 g/mol. The number of fused-ring (bicyclic) bond motifs is 1.